The smallest absolute Gasteiger partial charge is 0.227 e. The van der Waals surface area contributed by atoms with E-state index in [2.05, 4.69) is 22.4 Å². The van der Waals surface area contributed by atoms with Crippen LogP contribution in [-0.2, 0) is 9.59 Å². The van der Waals surface area contributed by atoms with Crippen LogP contribution < -0.4 is 10.1 Å². The monoisotopic (exact) mass is 444 g/mol. The molecule has 0 aliphatic heterocycles. The molecular formula is C23H32N4O3S. The number of hydrogen-bond acceptors (Lipinski definition) is 6. The molecule has 0 radical (unpaired) electrons. The van der Waals surface area contributed by atoms with Gasteiger partial charge < -0.3 is 15.0 Å². The van der Waals surface area contributed by atoms with Crippen molar-refractivity contribution >= 4 is 28.3 Å². The summed E-state index contributed by atoms with van der Waals surface area (Å²) in [4.78, 5) is 26.9. The highest BCUT2D eigenvalue weighted by atomic mass is 32.1. The second-order valence-electron chi connectivity index (χ2n) is 8.01. The zero-order valence-electron chi connectivity index (χ0n) is 18.4. The van der Waals surface area contributed by atoms with Crippen LogP contribution in [0.2, 0.25) is 0 Å². The van der Waals surface area contributed by atoms with Crippen LogP contribution in [0.25, 0.3) is 10.6 Å². The summed E-state index contributed by atoms with van der Waals surface area (Å²) in [5.41, 5.74) is 0.917. The normalized spacial score (nSPS) is 13.9. The summed E-state index contributed by atoms with van der Waals surface area (Å²) in [7, 11) is 1.62. The van der Waals surface area contributed by atoms with Crippen molar-refractivity contribution in [3.8, 4) is 16.3 Å². The van der Waals surface area contributed by atoms with Crippen LogP contribution in [0, 0.1) is 5.92 Å². The molecule has 1 aromatic carbocycles. The van der Waals surface area contributed by atoms with Crippen molar-refractivity contribution in [3.05, 3.63) is 24.3 Å². The van der Waals surface area contributed by atoms with E-state index in [1.807, 2.05) is 29.2 Å². The molecule has 0 saturated heterocycles. The van der Waals surface area contributed by atoms with E-state index >= 15 is 0 Å². The van der Waals surface area contributed by atoms with E-state index in [1.54, 1.807) is 7.11 Å². The summed E-state index contributed by atoms with van der Waals surface area (Å²) in [6.45, 7) is 3.18. The number of methoxy groups -OCH3 is 1. The molecule has 0 bridgehead atoms. The van der Waals surface area contributed by atoms with Crippen LogP contribution >= 0.6 is 11.3 Å². The summed E-state index contributed by atoms with van der Waals surface area (Å²) in [5.74, 6) is 1.49. The molecule has 0 atom stereocenters. The van der Waals surface area contributed by atoms with Gasteiger partial charge in [0.05, 0.1) is 7.11 Å². The van der Waals surface area contributed by atoms with Gasteiger partial charge in [-0.2, -0.15) is 0 Å². The predicted octanol–water partition coefficient (Wildman–Crippen LogP) is 4.75. The van der Waals surface area contributed by atoms with Gasteiger partial charge in [-0.05, 0) is 43.0 Å². The third kappa shape index (κ3) is 7.02. The van der Waals surface area contributed by atoms with Gasteiger partial charge in [0.15, 0.2) is 0 Å². The fourth-order valence-corrected chi connectivity index (χ4v) is 4.72. The number of carbonyl (C=O) groups excluding carboxylic acids is 2. The number of anilines is 1. The maximum atomic E-state index is 12.6. The van der Waals surface area contributed by atoms with Gasteiger partial charge >= 0.3 is 0 Å². The van der Waals surface area contributed by atoms with Crippen LogP contribution in [0.4, 0.5) is 5.13 Å². The molecule has 0 spiro atoms. The molecule has 1 aliphatic rings. The molecular weight excluding hydrogens is 412 g/mol. The Morgan fingerprint density at radius 3 is 2.55 bits per heavy atom. The minimum absolute atomic E-state index is 0.151. The molecule has 7 nitrogen and oxygen atoms in total. The number of nitrogens with one attached hydrogen (secondary N) is 1. The van der Waals surface area contributed by atoms with Crippen molar-refractivity contribution in [1.29, 1.82) is 0 Å². The molecule has 31 heavy (non-hydrogen) atoms. The third-order valence-corrected chi connectivity index (χ3v) is 6.59. The maximum absolute atomic E-state index is 12.6. The van der Waals surface area contributed by atoms with E-state index in [0.717, 1.165) is 29.2 Å². The summed E-state index contributed by atoms with van der Waals surface area (Å²) < 4.78 is 5.17. The fraction of sp³-hybridized carbons (Fsp3) is 0.565. The first-order valence-corrected chi connectivity index (χ1v) is 12.0. The largest absolute Gasteiger partial charge is 0.497 e. The Morgan fingerprint density at radius 2 is 1.87 bits per heavy atom. The minimum atomic E-state index is -0.151. The molecule has 1 heterocycles. The molecule has 168 valence electrons. The van der Waals surface area contributed by atoms with E-state index in [-0.39, 0.29) is 18.2 Å². The van der Waals surface area contributed by atoms with Crippen molar-refractivity contribution in [1.82, 2.24) is 15.1 Å². The molecule has 2 amide bonds. The van der Waals surface area contributed by atoms with Crippen molar-refractivity contribution in [2.24, 2.45) is 5.92 Å². The van der Waals surface area contributed by atoms with E-state index in [9.17, 15) is 9.59 Å². The van der Waals surface area contributed by atoms with Crippen molar-refractivity contribution < 1.29 is 14.3 Å². The average Bonchev–Trinajstić information content (AvgIpc) is 3.47. The summed E-state index contributed by atoms with van der Waals surface area (Å²) in [6.07, 6.45) is 7.81. The first kappa shape index (κ1) is 23.2. The second kappa shape index (κ2) is 11.8. The highest BCUT2D eigenvalue weighted by Gasteiger charge is 2.19. The third-order valence-electron chi connectivity index (χ3n) is 5.70. The van der Waals surface area contributed by atoms with Gasteiger partial charge in [0.1, 0.15) is 10.8 Å². The van der Waals surface area contributed by atoms with Gasteiger partial charge in [-0.1, -0.05) is 43.9 Å². The Bertz CT molecular complexity index is 847. The molecule has 1 saturated carbocycles. The highest BCUT2D eigenvalue weighted by molar-refractivity contribution is 7.18. The Balaban J connectivity index is 1.47. The zero-order valence-corrected chi connectivity index (χ0v) is 19.2. The number of amides is 2. The fourth-order valence-electron chi connectivity index (χ4n) is 3.96. The first-order valence-electron chi connectivity index (χ1n) is 11.1. The zero-order chi connectivity index (χ0) is 22.1. The average molecular weight is 445 g/mol. The topological polar surface area (TPSA) is 84.4 Å². The van der Waals surface area contributed by atoms with Crippen molar-refractivity contribution in [2.45, 2.75) is 58.3 Å². The molecule has 1 N–H and O–H groups in total. The number of benzene rings is 1. The van der Waals surface area contributed by atoms with Crippen molar-refractivity contribution in [2.75, 3.05) is 25.5 Å². The van der Waals surface area contributed by atoms with E-state index < -0.39 is 0 Å². The first-order chi connectivity index (χ1) is 15.1. The number of rotatable bonds is 11. The van der Waals surface area contributed by atoms with Gasteiger partial charge in [0, 0.05) is 31.5 Å². The number of ether oxygens (including phenoxy) is 1. The number of hydrogen-bond donors (Lipinski definition) is 1. The molecule has 8 heteroatoms. The Kier molecular flexibility index (Phi) is 8.82. The Labute approximate surface area is 188 Å². The van der Waals surface area contributed by atoms with Crippen molar-refractivity contribution in [3.63, 3.8) is 0 Å². The Hall–Kier alpha value is -2.48. The number of nitrogens with zero attached hydrogens (tertiary/aromatic N) is 3. The molecule has 2 aromatic rings. The van der Waals surface area contributed by atoms with Crippen LogP contribution in [0.3, 0.4) is 0 Å². The van der Waals surface area contributed by atoms with Crippen LogP contribution in [0.15, 0.2) is 24.3 Å². The number of carbonyl (C=O) groups is 2. The van der Waals surface area contributed by atoms with Crippen LogP contribution in [0.1, 0.15) is 58.3 Å². The molecule has 1 fully saturated rings. The van der Waals surface area contributed by atoms with Gasteiger partial charge in [0.2, 0.25) is 16.9 Å². The Morgan fingerprint density at radius 1 is 1.13 bits per heavy atom. The van der Waals surface area contributed by atoms with Crippen LogP contribution in [0.5, 0.6) is 5.75 Å². The molecule has 3 rings (SSSR count). The van der Waals surface area contributed by atoms with Gasteiger partial charge in [0.25, 0.3) is 0 Å². The second-order valence-corrected chi connectivity index (χ2v) is 8.99. The van der Waals surface area contributed by atoms with E-state index in [0.29, 0.717) is 30.6 Å². The molecule has 1 aliphatic carbocycles. The SMILES string of the molecule is CCCN(CCC(=O)Nc1nnc(-c2ccc(OC)cc2)s1)C(=O)CCC1CCCC1. The van der Waals surface area contributed by atoms with Crippen LogP contribution in [-0.4, -0.2) is 47.1 Å². The number of aromatic nitrogens is 2. The maximum Gasteiger partial charge on any atom is 0.227 e. The summed E-state index contributed by atoms with van der Waals surface area (Å²) in [6, 6.07) is 7.54. The highest BCUT2D eigenvalue weighted by Crippen LogP contribution is 2.29. The van der Waals surface area contributed by atoms with Gasteiger partial charge in [-0.15, -0.1) is 10.2 Å². The van der Waals surface area contributed by atoms with E-state index in [4.69, 9.17) is 4.74 Å². The summed E-state index contributed by atoms with van der Waals surface area (Å²) >= 11 is 1.33. The lowest BCUT2D eigenvalue weighted by atomic mass is 10.0. The lowest BCUT2D eigenvalue weighted by molar-refractivity contribution is -0.132. The molecule has 1 aromatic heterocycles. The summed E-state index contributed by atoms with van der Waals surface area (Å²) in [5, 5.41) is 12.2. The lowest BCUT2D eigenvalue weighted by Crippen LogP contribution is -2.34. The van der Waals surface area contributed by atoms with Gasteiger partial charge in [-0.3, -0.25) is 9.59 Å². The quantitative estimate of drug-likeness (QED) is 0.541. The molecule has 0 unspecified atom stereocenters. The lowest BCUT2D eigenvalue weighted by Gasteiger charge is -2.22. The van der Waals surface area contributed by atoms with E-state index in [1.165, 1.54) is 37.0 Å². The minimum Gasteiger partial charge on any atom is -0.497 e. The predicted molar refractivity (Wildman–Crippen MR) is 123 cm³/mol. The van der Waals surface area contributed by atoms with Gasteiger partial charge in [-0.25, -0.2) is 0 Å². The standard InChI is InChI=1S/C23H32N4O3S/c1-3-15-27(21(29)13-8-17-6-4-5-7-17)16-14-20(28)24-23-26-25-22(31-23)18-9-11-19(30-2)12-10-18/h9-12,17H,3-8,13-16H2,1-2H3,(H,24,26,28).